The molecule has 3 unspecified atom stereocenters. The minimum atomic E-state index is 0.0954. The van der Waals surface area contributed by atoms with Crippen LogP contribution in [0.3, 0.4) is 0 Å². The molecule has 0 aliphatic carbocycles. The van der Waals surface area contributed by atoms with Gasteiger partial charge in [0.1, 0.15) is 11.8 Å². The van der Waals surface area contributed by atoms with Crippen molar-refractivity contribution in [2.24, 2.45) is 5.92 Å². The summed E-state index contributed by atoms with van der Waals surface area (Å²) < 4.78 is 5.25. The molecule has 1 aromatic carbocycles. The summed E-state index contributed by atoms with van der Waals surface area (Å²) >= 11 is 0. The summed E-state index contributed by atoms with van der Waals surface area (Å²) in [5, 5.41) is 12.1. The number of nitriles is 1. The number of nitrogens with zero attached hydrogens (tertiary/aromatic N) is 1. The lowest BCUT2D eigenvalue weighted by atomic mass is 9.99. The molecule has 1 aromatic rings. The van der Waals surface area contributed by atoms with E-state index in [1.165, 1.54) is 12.0 Å². The Balaban J connectivity index is 2.57. The zero-order valence-corrected chi connectivity index (χ0v) is 12.3. The van der Waals surface area contributed by atoms with Crippen LogP contribution < -0.4 is 10.1 Å². The first kappa shape index (κ1) is 15.5. The summed E-state index contributed by atoms with van der Waals surface area (Å²) in [6, 6.07) is 10.7. The molecule has 1 rings (SSSR count). The molecular formula is C16H24N2O. The molecule has 0 aliphatic heterocycles. The van der Waals surface area contributed by atoms with E-state index in [0.717, 1.165) is 5.75 Å². The largest absolute Gasteiger partial charge is 0.479 e. The minimum Gasteiger partial charge on any atom is -0.479 e. The molecular weight excluding hydrogens is 236 g/mol. The van der Waals surface area contributed by atoms with Gasteiger partial charge in [0.2, 0.25) is 0 Å². The summed E-state index contributed by atoms with van der Waals surface area (Å²) in [6.07, 6.45) is 1.18. The van der Waals surface area contributed by atoms with E-state index in [1.807, 2.05) is 30.3 Å². The third-order valence-corrected chi connectivity index (χ3v) is 3.69. The van der Waals surface area contributed by atoms with Gasteiger partial charge >= 0.3 is 0 Å². The molecule has 19 heavy (non-hydrogen) atoms. The van der Waals surface area contributed by atoms with E-state index < -0.39 is 0 Å². The first-order valence-electron chi connectivity index (χ1n) is 6.94. The first-order valence-corrected chi connectivity index (χ1v) is 6.94. The van der Waals surface area contributed by atoms with Crippen LogP contribution in [0.2, 0.25) is 0 Å². The number of hydrogen-bond acceptors (Lipinski definition) is 3. The van der Waals surface area contributed by atoms with Crippen molar-refractivity contribution in [1.29, 1.82) is 5.26 Å². The highest BCUT2D eigenvalue weighted by Crippen LogP contribution is 2.19. The fourth-order valence-corrected chi connectivity index (χ4v) is 1.98. The summed E-state index contributed by atoms with van der Waals surface area (Å²) in [6.45, 7) is 8.98. The van der Waals surface area contributed by atoms with Crippen LogP contribution in [0, 0.1) is 17.2 Å². The molecule has 0 saturated heterocycles. The Morgan fingerprint density at radius 2 is 1.84 bits per heavy atom. The van der Waals surface area contributed by atoms with E-state index in [1.54, 1.807) is 0 Å². The van der Waals surface area contributed by atoms with E-state index in [0.29, 0.717) is 18.0 Å². The molecule has 0 amide bonds. The standard InChI is InChI=1S/C16H24N2O/c1-5-12(2)13(3)18-14(4)15-6-8-16(9-7-15)19-11-10-17/h6-9,12-14,18H,5,11H2,1-4H3. The van der Waals surface area contributed by atoms with Gasteiger partial charge in [0.05, 0.1) is 0 Å². The summed E-state index contributed by atoms with van der Waals surface area (Å²) in [4.78, 5) is 0. The van der Waals surface area contributed by atoms with Crippen LogP contribution in [0.4, 0.5) is 0 Å². The molecule has 3 atom stereocenters. The zero-order valence-electron chi connectivity index (χ0n) is 12.3. The van der Waals surface area contributed by atoms with Gasteiger partial charge in [-0.05, 0) is 37.5 Å². The summed E-state index contributed by atoms with van der Waals surface area (Å²) in [7, 11) is 0. The third kappa shape index (κ3) is 4.92. The van der Waals surface area contributed by atoms with Gasteiger partial charge in [0.25, 0.3) is 0 Å². The van der Waals surface area contributed by atoms with Crippen molar-refractivity contribution < 1.29 is 4.74 Å². The second-order valence-corrected chi connectivity index (χ2v) is 5.08. The van der Waals surface area contributed by atoms with Crippen LogP contribution in [0.1, 0.15) is 45.7 Å². The average molecular weight is 260 g/mol. The number of nitrogens with one attached hydrogen (secondary N) is 1. The van der Waals surface area contributed by atoms with Crippen LogP contribution in [-0.2, 0) is 0 Å². The van der Waals surface area contributed by atoms with Crippen LogP contribution in [0.5, 0.6) is 5.75 Å². The molecule has 3 heteroatoms. The summed E-state index contributed by atoms with van der Waals surface area (Å²) in [5.41, 5.74) is 1.24. The second-order valence-electron chi connectivity index (χ2n) is 5.08. The van der Waals surface area contributed by atoms with Crippen LogP contribution in [-0.4, -0.2) is 12.6 Å². The topological polar surface area (TPSA) is 45.0 Å². The Bertz CT molecular complexity index is 408. The highest BCUT2D eigenvalue weighted by atomic mass is 16.5. The Labute approximate surface area is 116 Å². The smallest absolute Gasteiger partial charge is 0.174 e. The molecule has 0 heterocycles. The maximum atomic E-state index is 8.46. The fourth-order valence-electron chi connectivity index (χ4n) is 1.98. The maximum Gasteiger partial charge on any atom is 0.174 e. The maximum absolute atomic E-state index is 8.46. The lowest BCUT2D eigenvalue weighted by molar-refractivity contribution is 0.358. The minimum absolute atomic E-state index is 0.0954. The van der Waals surface area contributed by atoms with Gasteiger partial charge in [0, 0.05) is 12.1 Å². The SMILES string of the molecule is CCC(C)C(C)NC(C)c1ccc(OCC#N)cc1. The number of benzene rings is 1. The normalized spacial score (nSPS) is 15.3. The van der Waals surface area contributed by atoms with Crippen molar-refractivity contribution in [1.82, 2.24) is 5.32 Å². The van der Waals surface area contributed by atoms with Crippen molar-refractivity contribution in [2.45, 2.75) is 46.2 Å². The Hall–Kier alpha value is -1.53. The number of rotatable bonds is 7. The molecule has 0 fully saturated rings. The lowest BCUT2D eigenvalue weighted by Gasteiger charge is -2.25. The van der Waals surface area contributed by atoms with Gasteiger partial charge in [-0.2, -0.15) is 5.26 Å². The van der Waals surface area contributed by atoms with Gasteiger partial charge < -0.3 is 10.1 Å². The lowest BCUT2D eigenvalue weighted by Crippen LogP contribution is -2.33. The van der Waals surface area contributed by atoms with Gasteiger partial charge in [-0.15, -0.1) is 0 Å². The monoisotopic (exact) mass is 260 g/mol. The molecule has 0 radical (unpaired) electrons. The Kier molecular flexibility index (Phi) is 6.38. The first-order chi connectivity index (χ1) is 9.08. The van der Waals surface area contributed by atoms with Gasteiger partial charge in [-0.1, -0.05) is 32.4 Å². The fraction of sp³-hybridized carbons (Fsp3) is 0.562. The van der Waals surface area contributed by atoms with Crippen LogP contribution in [0.25, 0.3) is 0 Å². The summed E-state index contributed by atoms with van der Waals surface area (Å²) in [5.74, 6) is 1.41. The molecule has 0 saturated carbocycles. The Morgan fingerprint density at radius 1 is 1.21 bits per heavy atom. The zero-order chi connectivity index (χ0) is 14.3. The van der Waals surface area contributed by atoms with Gasteiger partial charge in [-0.3, -0.25) is 0 Å². The van der Waals surface area contributed by atoms with Crippen molar-refractivity contribution >= 4 is 0 Å². The molecule has 0 bridgehead atoms. The molecule has 0 aromatic heterocycles. The van der Waals surface area contributed by atoms with Crippen molar-refractivity contribution in [3.8, 4) is 11.8 Å². The second kappa shape index (κ2) is 7.81. The molecule has 1 N–H and O–H groups in total. The van der Waals surface area contributed by atoms with Crippen molar-refractivity contribution in [2.75, 3.05) is 6.61 Å². The Morgan fingerprint density at radius 3 is 2.37 bits per heavy atom. The quantitative estimate of drug-likeness (QED) is 0.813. The number of ether oxygens (including phenoxy) is 1. The highest BCUT2D eigenvalue weighted by molar-refractivity contribution is 5.29. The molecule has 3 nitrogen and oxygen atoms in total. The average Bonchev–Trinajstić information content (AvgIpc) is 2.44. The van der Waals surface area contributed by atoms with E-state index in [2.05, 4.69) is 33.0 Å². The van der Waals surface area contributed by atoms with Gasteiger partial charge in [-0.25, -0.2) is 0 Å². The predicted octanol–water partition coefficient (Wildman–Crippen LogP) is 3.67. The molecule has 104 valence electrons. The highest BCUT2D eigenvalue weighted by Gasteiger charge is 2.13. The van der Waals surface area contributed by atoms with E-state index in [-0.39, 0.29) is 6.61 Å². The van der Waals surface area contributed by atoms with Gasteiger partial charge in [0.15, 0.2) is 6.61 Å². The van der Waals surface area contributed by atoms with Crippen molar-refractivity contribution in [3.63, 3.8) is 0 Å². The predicted molar refractivity (Wildman–Crippen MR) is 78.0 cm³/mol. The van der Waals surface area contributed by atoms with E-state index in [4.69, 9.17) is 10.00 Å². The van der Waals surface area contributed by atoms with E-state index >= 15 is 0 Å². The van der Waals surface area contributed by atoms with E-state index in [9.17, 15) is 0 Å². The van der Waals surface area contributed by atoms with Crippen LogP contribution in [0.15, 0.2) is 24.3 Å². The van der Waals surface area contributed by atoms with Crippen LogP contribution >= 0.6 is 0 Å². The molecule has 0 aliphatic rings. The van der Waals surface area contributed by atoms with Crippen molar-refractivity contribution in [3.05, 3.63) is 29.8 Å². The number of hydrogen-bond donors (Lipinski definition) is 1. The third-order valence-electron chi connectivity index (χ3n) is 3.69. The molecule has 0 spiro atoms.